The molecule has 17 heavy (non-hydrogen) atoms. The van der Waals surface area contributed by atoms with E-state index in [1.54, 1.807) is 12.1 Å². The summed E-state index contributed by atoms with van der Waals surface area (Å²) in [5.41, 5.74) is 0.765. The van der Waals surface area contributed by atoms with Crippen LogP contribution < -0.4 is 4.90 Å². The lowest BCUT2D eigenvalue weighted by atomic mass is 10.2. The van der Waals surface area contributed by atoms with Gasteiger partial charge in [-0.3, -0.25) is 10.1 Å². The summed E-state index contributed by atoms with van der Waals surface area (Å²) in [6, 6.07) is 4.97. The van der Waals surface area contributed by atoms with E-state index in [0.29, 0.717) is 5.69 Å². The molecule has 0 aliphatic heterocycles. The molecule has 0 aromatic heterocycles. The molecule has 0 unspecified atom stereocenters. The molecule has 0 amide bonds. The molecule has 0 aliphatic carbocycles. The molecule has 94 valence electrons. The average molecular weight is 302 g/mol. The molecule has 0 aliphatic rings. The number of anilines is 1. The Morgan fingerprint density at radius 1 is 1.29 bits per heavy atom. The van der Waals surface area contributed by atoms with Crippen LogP contribution in [-0.4, -0.2) is 44.1 Å². The fourth-order valence-corrected chi connectivity index (χ4v) is 1.78. The first kappa shape index (κ1) is 13.9. The maximum Gasteiger partial charge on any atom is 0.292 e. The number of likely N-dealkylation sites (N-methyl/N-ethyl adjacent to an activating group) is 2. The third-order valence-corrected chi connectivity index (χ3v) is 2.92. The maximum absolute atomic E-state index is 10.9. The normalized spacial score (nSPS) is 10.6. The first-order chi connectivity index (χ1) is 7.91. The Morgan fingerprint density at radius 2 is 1.94 bits per heavy atom. The van der Waals surface area contributed by atoms with Crippen molar-refractivity contribution in [3.8, 4) is 0 Å². The minimum absolute atomic E-state index is 0.134. The Balaban J connectivity index is 2.94. The molecule has 0 atom stereocenters. The van der Waals surface area contributed by atoms with Crippen LogP contribution in [0.15, 0.2) is 22.7 Å². The highest BCUT2D eigenvalue weighted by molar-refractivity contribution is 9.10. The molecule has 0 saturated heterocycles. The van der Waals surface area contributed by atoms with Crippen molar-refractivity contribution < 1.29 is 4.92 Å². The molecule has 0 heterocycles. The van der Waals surface area contributed by atoms with Crippen LogP contribution in [-0.2, 0) is 0 Å². The Morgan fingerprint density at radius 3 is 2.47 bits per heavy atom. The molecule has 0 spiro atoms. The quantitative estimate of drug-likeness (QED) is 0.619. The largest absolute Gasteiger partial charge is 0.368 e. The van der Waals surface area contributed by atoms with Gasteiger partial charge in [-0.15, -0.1) is 0 Å². The van der Waals surface area contributed by atoms with Gasteiger partial charge < -0.3 is 9.80 Å². The van der Waals surface area contributed by atoms with E-state index in [2.05, 4.69) is 15.9 Å². The molecule has 6 heteroatoms. The number of nitro groups is 1. The molecule has 1 rings (SSSR count). The van der Waals surface area contributed by atoms with E-state index in [9.17, 15) is 10.1 Å². The van der Waals surface area contributed by atoms with Gasteiger partial charge in [0.1, 0.15) is 5.69 Å². The van der Waals surface area contributed by atoms with Gasteiger partial charge in [-0.25, -0.2) is 0 Å². The predicted octanol–water partition coefficient (Wildman–Crippen LogP) is 2.36. The van der Waals surface area contributed by atoms with Crippen molar-refractivity contribution in [3.63, 3.8) is 0 Å². The highest BCUT2D eigenvalue weighted by atomic mass is 79.9. The third-order valence-electron chi connectivity index (χ3n) is 2.43. The molecular weight excluding hydrogens is 286 g/mol. The zero-order valence-electron chi connectivity index (χ0n) is 10.2. The Labute approximate surface area is 109 Å². The minimum atomic E-state index is -0.353. The van der Waals surface area contributed by atoms with Crippen LogP contribution in [0.3, 0.4) is 0 Å². The zero-order chi connectivity index (χ0) is 13.0. The summed E-state index contributed by atoms with van der Waals surface area (Å²) in [6.07, 6.45) is 0. The lowest BCUT2D eigenvalue weighted by Gasteiger charge is -2.21. The van der Waals surface area contributed by atoms with Gasteiger partial charge in [-0.1, -0.05) is 15.9 Å². The molecule has 0 fully saturated rings. The van der Waals surface area contributed by atoms with Gasteiger partial charge in [0.25, 0.3) is 5.69 Å². The number of nitrogens with zero attached hydrogens (tertiary/aromatic N) is 3. The maximum atomic E-state index is 10.9. The second-order valence-corrected chi connectivity index (χ2v) is 5.03. The summed E-state index contributed by atoms with van der Waals surface area (Å²) < 4.78 is 0.842. The van der Waals surface area contributed by atoms with Gasteiger partial charge in [-0.05, 0) is 26.2 Å². The third kappa shape index (κ3) is 3.98. The Kier molecular flexibility index (Phi) is 4.89. The second-order valence-electron chi connectivity index (χ2n) is 4.11. The predicted molar refractivity (Wildman–Crippen MR) is 72.6 cm³/mol. The van der Waals surface area contributed by atoms with E-state index < -0.39 is 0 Å². The highest BCUT2D eigenvalue weighted by Gasteiger charge is 2.17. The minimum Gasteiger partial charge on any atom is -0.368 e. The second kappa shape index (κ2) is 5.97. The Bertz CT molecular complexity index is 410. The van der Waals surface area contributed by atoms with Gasteiger partial charge in [0.2, 0.25) is 0 Å². The lowest BCUT2D eigenvalue weighted by molar-refractivity contribution is -0.384. The SMILES string of the molecule is CN(C)CCN(C)c1cc(Br)ccc1[N+](=O)[O-]. The van der Waals surface area contributed by atoms with Crippen molar-refractivity contribution in [3.05, 3.63) is 32.8 Å². The van der Waals surface area contributed by atoms with E-state index in [0.717, 1.165) is 17.6 Å². The molecule has 1 aromatic carbocycles. The first-order valence-electron chi connectivity index (χ1n) is 5.21. The number of benzene rings is 1. The van der Waals surface area contributed by atoms with Crippen LogP contribution in [0.5, 0.6) is 0 Å². The van der Waals surface area contributed by atoms with Crippen LogP contribution in [0, 0.1) is 10.1 Å². The van der Waals surface area contributed by atoms with Crippen molar-refractivity contribution in [2.75, 3.05) is 39.1 Å². The fraction of sp³-hybridized carbons (Fsp3) is 0.455. The van der Waals surface area contributed by atoms with Crippen molar-refractivity contribution in [1.82, 2.24) is 4.90 Å². The summed E-state index contributed by atoms with van der Waals surface area (Å²) >= 11 is 3.33. The Hall–Kier alpha value is -1.14. The van der Waals surface area contributed by atoms with Crippen molar-refractivity contribution in [1.29, 1.82) is 0 Å². The van der Waals surface area contributed by atoms with Crippen molar-refractivity contribution >= 4 is 27.3 Å². The first-order valence-corrected chi connectivity index (χ1v) is 6.01. The van der Waals surface area contributed by atoms with Crippen LogP contribution in [0.1, 0.15) is 0 Å². The topological polar surface area (TPSA) is 49.6 Å². The average Bonchev–Trinajstić information content (AvgIpc) is 2.25. The molecule has 0 bridgehead atoms. The summed E-state index contributed by atoms with van der Waals surface area (Å²) in [7, 11) is 5.81. The van der Waals surface area contributed by atoms with Crippen molar-refractivity contribution in [2.24, 2.45) is 0 Å². The number of hydrogen-bond acceptors (Lipinski definition) is 4. The van der Waals surface area contributed by atoms with Gasteiger partial charge >= 0.3 is 0 Å². The van der Waals surface area contributed by atoms with Gasteiger partial charge in [0.05, 0.1) is 4.92 Å². The van der Waals surface area contributed by atoms with Crippen LogP contribution in [0.2, 0.25) is 0 Å². The monoisotopic (exact) mass is 301 g/mol. The van der Waals surface area contributed by atoms with E-state index in [1.807, 2.05) is 30.9 Å². The van der Waals surface area contributed by atoms with Crippen LogP contribution >= 0.6 is 15.9 Å². The lowest BCUT2D eigenvalue weighted by Crippen LogP contribution is -2.28. The standard InChI is InChI=1S/C11H16BrN3O2/c1-13(2)6-7-14(3)11-8-9(12)4-5-10(11)15(16)17/h4-5,8H,6-7H2,1-3H3. The number of hydrogen-bond donors (Lipinski definition) is 0. The molecule has 5 nitrogen and oxygen atoms in total. The van der Waals surface area contributed by atoms with E-state index in [-0.39, 0.29) is 10.6 Å². The molecular formula is C11H16BrN3O2. The zero-order valence-corrected chi connectivity index (χ0v) is 11.8. The van der Waals surface area contributed by atoms with Gasteiger partial charge in [-0.2, -0.15) is 0 Å². The summed E-state index contributed by atoms with van der Waals surface area (Å²) in [5.74, 6) is 0. The molecule has 0 saturated carbocycles. The van der Waals surface area contributed by atoms with Gasteiger partial charge in [0, 0.05) is 30.7 Å². The highest BCUT2D eigenvalue weighted by Crippen LogP contribution is 2.30. The fourth-order valence-electron chi connectivity index (χ4n) is 1.43. The smallest absolute Gasteiger partial charge is 0.292 e. The van der Waals surface area contributed by atoms with Gasteiger partial charge in [0.15, 0.2) is 0 Å². The van der Waals surface area contributed by atoms with E-state index >= 15 is 0 Å². The van der Waals surface area contributed by atoms with E-state index in [1.165, 1.54) is 6.07 Å². The van der Waals surface area contributed by atoms with Crippen LogP contribution in [0.4, 0.5) is 11.4 Å². The molecule has 0 radical (unpaired) electrons. The molecule has 1 aromatic rings. The number of nitro benzene ring substituents is 1. The van der Waals surface area contributed by atoms with Crippen molar-refractivity contribution in [2.45, 2.75) is 0 Å². The molecule has 0 N–H and O–H groups in total. The number of rotatable bonds is 5. The number of halogens is 1. The summed E-state index contributed by atoms with van der Waals surface area (Å²) in [6.45, 7) is 1.59. The summed E-state index contributed by atoms with van der Waals surface area (Å²) in [4.78, 5) is 14.5. The van der Waals surface area contributed by atoms with E-state index in [4.69, 9.17) is 0 Å². The van der Waals surface area contributed by atoms with Crippen LogP contribution in [0.25, 0.3) is 0 Å². The summed E-state index contributed by atoms with van der Waals surface area (Å²) in [5, 5.41) is 10.9.